The van der Waals surface area contributed by atoms with Crippen LogP contribution < -0.4 is 4.90 Å². The van der Waals surface area contributed by atoms with Crippen molar-refractivity contribution < 1.29 is 5.11 Å². The Morgan fingerprint density at radius 3 is 2.53 bits per heavy atom. The zero-order valence-corrected chi connectivity index (χ0v) is 13.5. The molecule has 0 spiro atoms. The third kappa shape index (κ3) is 3.40. The van der Waals surface area contributed by atoms with Crippen molar-refractivity contribution in [2.45, 2.75) is 33.8 Å². The first-order valence-corrected chi connectivity index (χ1v) is 7.55. The van der Waals surface area contributed by atoms with Crippen LogP contribution in [-0.2, 0) is 6.61 Å². The van der Waals surface area contributed by atoms with Crippen molar-refractivity contribution in [1.82, 2.24) is 0 Å². The highest BCUT2D eigenvalue weighted by Gasteiger charge is 2.21. The molecule has 1 aliphatic rings. The molecule has 0 unspecified atom stereocenters. The maximum absolute atomic E-state index is 9.19. The third-order valence-corrected chi connectivity index (χ3v) is 4.48. The molecule has 1 heterocycles. The Balaban J connectivity index is 2.14. The van der Waals surface area contributed by atoms with Crippen LogP contribution in [0.2, 0.25) is 0 Å². The van der Waals surface area contributed by atoms with Gasteiger partial charge in [0.1, 0.15) is 0 Å². The van der Waals surface area contributed by atoms with E-state index in [2.05, 4.69) is 59.8 Å². The monoisotopic (exact) mass is 323 g/mol. The highest BCUT2D eigenvalue weighted by Crippen LogP contribution is 2.32. The Morgan fingerprint density at radius 1 is 1.32 bits per heavy atom. The summed E-state index contributed by atoms with van der Waals surface area (Å²) in [6.45, 7) is 8.95. The van der Waals surface area contributed by atoms with E-state index in [9.17, 15) is 5.11 Å². The summed E-state index contributed by atoms with van der Waals surface area (Å²) in [5.74, 6) is 0. The van der Waals surface area contributed by atoms with Gasteiger partial charge in [-0.15, -0.1) is 0 Å². The van der Waals surface area contributed by atoms with Crippen molar-refractivity contribution >= 4 is 21.6 Å². The summed E-state index contributed by atoms with van der Waals surface area (Å²) < 4.78 is 0.984. The van der Waals surface area contributed by atoms with Crippen LogP contribution in [0.25, 0.3) is 0 Å². The number of rotatable bonds is 2. The molecule has 104 valence electrons. The molecule has 0 aliphatic carbocycles. The molecule has 3 heteroatoms. The molecule has 0 bridgehead atoms. The van der Waals surface area contributed by atoms with Gasteiger partial charge in [0, 0.05) is 23.2 Å². The largest absolute Gasteiger partial charge is 0.392 e. The van der Waals surface area contributed by atoms with E-state index in [4.69, 9.17) is 0 Å². The van der Waals surface area contributed by atoms with Crippen LogP contribution in [0.15, 0.2) is 34.3 Å². The van der Waals surface area contributed by atoms with Gasteiger partial charge in [0.25, 0.3) is 0 Å². The lowest BCUT2D eigenvalue weighted by Gasteiger charge is -2.33. The molecule has 19 heavy (non-hydrogen) atoms. The van der Waals surface area contributed by atoms with Gasteiger partial charge in [-0.25, -0.2) is 0 Å². The van der Waals surface area contributed by atoms with Gasteiger partial charge in [0.2, 0.25) is 0 Å². The molecule has 1 aromatic carbocycles. The first-order valence-electron chi connectivity index (χ1n) is 6.75. The van der Waals surface area contributed by atoms with Crippen LogP contribution >= 0.6 is 15.9 Å². The van der Waals surface area contributed by atoms with Crippen molar-refractivity contribution in [2.24, 2.45) is 5.41 Å². The predicted octanol–water partition coefficient (Wildman–Crippen LogP) is 4.12. The van der Waals surface area contributed by atoms with Gasteiger partial charge in [-0.3, -0.25) is 0 Å². The van der Waals surface area contributed by atoms with Crippen LogP contribution in [0, 0.1) is 5.41 Å². The van der Waals surface area contributed by atoms with E-state index >= 15 is 0 Å². The molecule has 0 saturated heterocycles. The minimum Gasteiger partial charge on any atom is -0.392 e. The second-order valence-electron chi connectivity index (χ2n) is 6.11. The quantitative estimate of drug-likeness (QED) is 0.827. The van der Waals surface area contributed by atoms with Crippen molar-refractivity contribution in [2.75, 3.05) is 18.0 Å². The number of benzene rings is 1. The first-order chi connectivity index (χ1) is 8.91. The second kappa shape index (κ2) is 5.68. The lowest BCUT2D eigenvalue weighted by molar-refractivity contribution is 0.281. The summed E-state index contributed by atoms with van der Waals surface area (Å²) in [6, 6.07) is 6.18. The number of nitrogens with zero attached hydrogens (tertiary/aromatic N) is 1. The predicted molar refractivity (Wildman–Crippen MR) is 84.4 cm³/mol. The Hall–Kier alpha value is -0.800. The minimum atomic E-state index is 0.0783. The maximum atomic E-state index is 9.19. The summed E-state index contributed by atoms with van der Waals surface area (Å²) >= 11 is 3.52. The third-order valence-electron chi connectivity index (χ3n) is 3.74. The van der Waals surface area contributed by atoms with Crippen molar-refractivity contribution in [3.8, 4) is 0 Å². The van der Waals surface area contributed by atoms with Gasteiger partial charge >= 0.3 is 0 Å². The Labute approximate surface area is 124 Å². The summed E-state index contributed by atoms with van der Waals surface area (Å²) in [6.07, 6.45) is 3.49. The molecular formula is C16H22BrNO. The molecular weight excluding hydrogens is 302 g/mol. The molecule has 0 atom stereocenters. The fourth-order valence-corrected chi connectivity index (χ4v) is 2.94. The Kier molecular flexibility index (Phi) is 4.36. The molecule has 2 rings (SSSR count). The van der Waals surface area contributed by atoms with Crippen molar-refractivity contribution in [1.29, 1.82) is 0 Å². The average Bonchev–Trinajstić information content (AvgIpc) is 2.38. The van der Waals surface area contributed by atoms with E-state index in [0.717, 1.165) is 29.5 Å². The van der Waals surface area contributed by atoms with Gasteiger partial charge in [-0.05, 0) is 29.5 Å². The number of aliphatic hydroxyl groups is 1. The smallest absolute Gasteiger partial charge is 0.0692 e. The van der Waals surface area contributed by atoms with Crippen LogP contribution in [0.5, 0.6) is 0 Å². The molecule has 1 aromatic rings. The normalized spacial score (nSPS) is 16.5. The number of halogens is 1. The average molecular weight is 324 g/mol. The highest BCUT2D eigenvalue weighted by molar-refractivity contribution is 9.10. The standard InChI is InChI=1S/C16H22BrNO/c1-16(2,3)13-6-8-18(9-7-13)14-5-4-12(11-19)15(17)10-14/h4-6,10,19H,7-9,11H2,1-3H3. The lowest BCUT2D eigenvalue weighted by atomic mass is 9.83. The van der Waals surface area contributed by atoms with Crippen LogP contribution in [0.4, 0.5) is 5.69 Å². The van der Waals surface area contributed by atoms with Gasteiger partial charge < -0.3 is 10.0 Å². The van der Waals surface area contributed by atoms with E-state index in [0.29, 0.717) is 0 Å². The van der Waals surface area contributed by atoms with E-state index in [1.54, 1.807) is 5.57 Å². The van der Waals surface area contributed by atoms with Gasteiger partial charge in [-0.1, -0.05) is 54.4 Å². The molecule has 0 radical (unpaired) electrons. The number of hydrogen-bond donors (Lipinski definition) is 1. The molecule has 1 aliphatic heterocycles. The molecule has 0 fully saturated rings. The maximum Gasteiger partial charge on any atom is 0.0692 e. The summed E-state index contributed by atoms with van der Waals surface area (Å²) in [5, 5.41) is 9.19. The lowest BCUT2D eigenvalue weighted by Crippen LogP contribution is -2.31. The zero-order valence-electron chi connectivity index (χ0n) is 11.9. The fraction of sp³-hybridized carbons (Fsp3) is 0.500. The van der Waals surface area contributed by atoms with Crippen molar-refractivity contribution in [3.63, 3.8) is 0 Å². The number of hydrogen-bond acceptors (Lipinski definition) is 2. The molecule has 0 aromatic heterocycles. The minimum absolute atomic E-state index is 0.0783. The SMILES string of the molecule is CC(C)(C)C1=CCN(c2ccc(CO)c(Br)c2)CC1. The zero-order chi connectivity index (χ0) is 14.0. The topological polar surface area (TPSA) is 23.5 Å². The van der Waals surface area contributed by atoms with Crippen LogP contribution in [0.3, 0.4) is 0 Å². The first kappa shape index (κ1) is 14.6. The van der Waals surface area contributed by atoms with Crippen LogP contribution in [-0.4, -0.2) is 18.2 Å². The summed E-state index contributed by atoms with van der Waals surface area (Å²) in [4.78, 5) is 2.38. The number of anilines is 1. The van der Waals surface area contributed by atoms with Gasteiger partial charge in [-0.2, -0.15) is 0 Å². The van der Waals surface area contributed by atoms with E-state index in [-0.39, 0.29) is 12.0 Å². The Morgan fingerprint density at radius 2 is 2.05 bits per heavy atom. The summed E-state index contributed by atoms with van der Waals surface area (Å²) in [7, 11) is 0. The Bertz CT molecular complexity index is 488. The van der Waals surface area contributed by atoms with Crippen LogP contribution in [0.1, 0.15) is 32.8 Å². The summed E-state index contributed by atoms with van der Waals surface area (Å²) in [5.41, 5.74) is 3.99. The molecule has 0 saturated carbocycles. The fourth-order valence-electron chi connectivity index (χ4n) is 2.45. The van der Waals surface area contributed by atoms with E-state index in [1.807, 2.05) is 6.07 Å². The van der Waals surface area contributed by atoms with Gasteiger partial charge in [0.15, 0.2) is 0 Å². The van der Waals surface area contributed by atoms with E-state index in [1.165, 1.54) is 5.69 Å². The van der Waals surface area contributed by atoms with Gasteiger partial charge in [0.05, 0.1) is 6.61 Å². The molecule has 2 nitrogen and oxygen atoms in total. The molecule has 1 N–H and O–H groups in total. The van der Waals surface area contributed by atoms with E-state index < -0.39 is 0 Å². The van der Waals surface area contributed by atoms with Crippen molar-refractivity contribution in [3.05, 3.63) is 39.9 Å². The number of aliphatic hydroxyl groups excluding tert-OH is 1. The second-order valence-corrected chi connectivity index (χ2v) is 6.96. The molecule has 0 amide bonds. The highest BCUT2D eigenvalue weighted by atomic mass is 79.9.